The van der Waals surface area contributed by atoms with Gasteiger partial charge in [0.05, 0.1) is 11.9 Å². The van der Waals surface area contributed by atoms with Crippen molar-refractivity contribution in [1.29, 1.82) is 0 Å². The average molecular weight is 312 g/mol. The third kappa shape index (κ3) is 3.37. The molecule has 1 aromatic rings. The molecule has 0 saturated heterocycles. The summed E-state index contributed by atoms with van der Waals surface area (Å²) in [7, 11) is 1.30. The third-order valence-electron chi connectivity index (χ3n) is 1.87. The van der Waals surface area contributed by atoms with Crippen molar-refractivity contribution in [1.82, 2.24) is 0 Å². The zero-order chi connectivity index (χ0) is 11.4. The minimum absolute atomic E-state index is 0.288. The molecule has 15 heavy (non-hydrogen) atoms. The second-order valence-electron chi connectivity index (χ2n) is 2.88. The molecule has 0 spiro atoms. The van der Waals surface area contributed by atoms with Crippen LogP contribution in [0.2, 0.25) is 5.02 Å². The largest absolute Gasteiger partial charge is 0.468 e. The summed E-state index contributed by atoms with van der Waals surface area (Å²) < 4.78 is 4.55. The number of esters is 1. The monoisotopic (exact) mass is 310 g/mol. The highest BCUT2D eigenvalue weighted by Gasteiger charge is 2.26. The summed E-state index contributed by atoms with van der Waals surface area (Å²) >= 11 is 15.0. The van der Waals surface area contributed by atoms with Crippen LogP contribution in [0.5, 0.6) is 0 Å². The number of halogens is 3. The zero-order valence-corrected chi connectivity index (χ0v) is 11.0. The fourth-order valence-electron chi connectivity index (χ4n) is 1.05. The topological polar surface area (TPSA) is 26.3 Å². The molecule has 1 rings (SSSR count). The van der Waals surface area contributed by atoms with E-state index in [1.165, 1.54) is 7.11 Å². The maximum absolute atomic E-state index is 11.2. The summed E-state index contributed by atoms with van der Waals surface area (Å²) in [5.41, 5.74) is 0.879. The highest BCUT2D eigenvalue weighted by atomic mass is 79.9. The molecule has 0 aliphatic rings. The van der Waals surface area contributed by atoms with Gasteiger partial charge in [0, 0.05) is 5.02 Å². The SMILES string of the molecule is COC(=O)[C@H](Cl)[C@H](Br)c1ccc(Cl)cc1. The molecule has 2 atom stereocenters. The van der Waals surface area contributed by atoms with Gasteiger partial charge in [0.1, 0.15) is 5.38 Å². The van der Waals surface area contributed by atoms with Crippen LogP contribution in [-0.2, 0) is 9.53 Å². The second kappa shape index (κ2) is 5.73. The molecular formula is C10H9BrCl2O2. The number of rotatable bonds is 3. The maximum Gasteiger partial charge on any atom is 0.325 e. The van der Waals surface area contributed by atoms with Crippen LogP contribution in [0, 0.1) is 0 Å². The van der Waals surface area contributed by atoms with Gasteiger partial charge in [-0.2, -0.15) is 0 Å². The Labute approximate surface area is 107 Å². The number of hydrogen-bond acceptors (Lipinski definition) is 2. The molecule has 2 nitrogen and oxygen atoms in total. The van der Waals surface area contributed by atoms with Crippen LogP contribution < -0.4 is 0 Å². The van der Waals surface area contributed by atoms with Crippen molar-refractivity contribution in [2.24, 2.45) is 0 Å². The predicted octanol–water partition coefficient (Wildman–Crippen LogP) is 3.56. The summed E-state index contributed by atoms with van der Waals surface area (Å²) in [6.07, 6.45) is 0. The second-order valence-corrected chi connectivity index (χ2v) is 4.77. The number of alkyl halides is 2. The van der Waals surface area contributed by atoms with Crippen molar-refractivity contribution in [3.05, 3.63) is 34.9 Å². The van der Waals surface area contributed by atoms with Gasteiger partial charge < -0.3 is 4.74 Å². The highest BCUT2D eigenvalue weighted by Crippen LogP contribution is 2.31. The molecule has 0 heterocycles. The third-order valence-corrected chi connectivity index (χ3v) is 3.92. The van der Waals surface area contributed by atoms with Crippen LogP contribution in [0.25, 0.3) is 0 Å². The summed E-state index contributed by atoms with van der Waals surface area (Å²) in [6.45, 7) is 0. The lowest BCUT2D eigenvalue weighted by Crippen LogP contribution is -2.20. The minimum Gasteiger partial charge on any atom is -0.468 e. The number of hydrogen-bond donors (Lipinski definition) is 0. The van der Waals surface area contributed by atoms with Crippen molar-refractivity contribution >= 4 is 45.1 Å². The Kier molecular flexibility index (Phi) is 4.90. The molecule has 0 N–H and O–H groups in total. The molecule has 0 saturated carbocycles. The van der Waals surface area contributed by atoms with Crippen molar-refractivity contribution in [2.75, 3.05) is 7.11 Å². The van der Waals surface area contributed by atoms with Gasteiger partial charge in [-0.1, -0.05) is 39.7 Å². The van der Waals surface area contributed by atoms with Crippen LogP contribution in [0.1, 0.15) is 10.4 Å². The van der Waals surface area contributed by atoms with E-state index < -0.39 is 11.3 Å². The Bertz CT molecular complexity index is 340. The summed E-state index contributed by atoms with van der Waals surface area (Å²) in [4.78, 5) is 10.9. The normalized spacial score (nSPS) is 14.4. The maximum atomic E-state index is 11.2. The molecule has 0 aliphatic carbocycles. The molecule has 82 valence electrons. The van der Waals surface area contributed by atoms with E-state index in [1.54, 1.807) is 24.3 Å². The molecule has 0 unspecified atom stereocenters. The van der Waals surface area contributed by atoms with E-state index in [4.69, 9.17) is 23.2 Å². The number of carbonyl (C=O) groups is 1. The molecule has 1 aromatic carbocycles. The lowest BCUT2D eigenvalue weighted by atomic mass is 10.1. The minimum atomic E-state index is -0.754. The fourth-order valence-corrected chi connectivity index (χ4v) is 1.93. The molecule has 0 bridgehead atoms. The first-order valence-corrected chi connectivity index (χ1v) is 5.90. The van der Waals surface area contributed by atoms with Crippen molar-refractivity contribution < 1.29 is 9.53 Å². The Morgan fingerprint density at radius 2 is 1.93 bits per heavy atom. The molecule has 0 aliphatic heterocycles. The van der Waals surface area contributed by atoms with Gasteiger partial charge in [-0.05, 0) is 17.7 Å². The number of methoxy groups -OCH3 is 1. The lowest BCUT2D eigenvalue weighted by molar-refractivity contribution is -0.140. The van der Waals surface area contributed by atoms with Gasteiger partial charge in [0.2, 0.25) is 0 Å². The molecule has 0 aromatic heterocycles. The standard InChI is InChI=1S/C10H9BrCl2O2/c1-15-10(14)9(13)8(11)6-2-4-7(12)5-3-6/h2-5,8-9H,1H3/t8-,9-/m1/s1. The molecule has 0 amide bonds. The van der Waals surface area contributed by atoms with E-state index in [1.807, 2.05) is 0 Å². The first-order chi connectivity index (χ1) is 7.06. The molecular weight excluding hydrogens is 303 g/mol. The van der Waals surface area contributed by atoms with E-state index in [0.29, 0.717) is 5.02 Å². The molecule has 0 fully saturated rings. The zero-order valence-electron chi connectivity index (χ0n) is 7.91. The van der Waals surface area contributed by atoms with Gasteiger partial charge in [0.25, 0.3) is 0 Å². The molecule has 0 radical (unpaired) electrons. The van der Waals surface area contributed by atoms with Crippen molar-refractivity contribution in [2.45, 2.75) is 10.2 Å². The van der Waals surface area contributed by atoms with Gasteiger partial charge in [-0.15, -0.1) is 11.6 Å². The van der Waals surface area contributed by atoms with E-state index in [9.17, 15) is 4.79 Å². The average Bonchev–Trinajstić information content (AvgIpc) is 2.27. The van der Waals surface area contributed by atoms with Gasteiger partial charge >= 0.3 is 5.97 Å². The van der Waals surface area contributed by atoms with Crippen molar-refractivity contribution in [3.8, 4) is 0 Å². The van der Waals surface area contributed by atoms with E-state index in [2.05, 4.69) is 20.7 Å². The van der Waals surface area contributed by atoms with E-state index in [-0.39, 0.29) is 4.83 Å². The Hall–Kier alpha value is -0.250. The highest BCUT2D eigenvalue weighted by molar-refractivity contribution is 9.09. The first-order valence-electron chi connectivity index (χ1n) is 4.17. The lowest BCUT2D eigenvalue weighted by Gasteiger charge is -2.14. The first kappa shape index (κ1) is 12.8. The quantitative estimate of drug-likeness (QED) is 0.630. The van der Waals surface area contributed by atoms with Gasteiger partial charge in [-0.25, -0.2) is 0 Å². The van der Waals surface area contributed by atoms with Crippen LogP contribution in [0.15, 0.2) is 24.3 Å². The fraction of sp³-hybridized carbons (Fsp3) is 0.300. The molecule has 5 heteroatoms. The summed E-state index contributed by atoms with van der Waals surface area (Å²) in [5, 5.41) is -0.112. The Morgan fingerprint density at radius 1 is 1.40 bits per heavy atom. The van der Waals surface area contributed by atoms with E-state index >= 15 is 0 Å². The van der Waals surface area contributed by atoms with Gasteiger partial charge in [-0.3, -0.25) is 4.79 Å². The van der Waals surface area contributed by atoms with Crippen LogP contribution in [0.3, 0.4) is 0 Å². The number of benzene rings is 1. The van der Waals surface area contributed by atoms with Crippen LogP contribution >= 0.6 is 39.1 Å². The van der Waals surface area contributed by atoms with Gasteiger partial charge in [0.15, 0.2) is 0 Å². The van der Waals surface area contributed by atoms with Crippen LogP contribution in [0.4, 0.5) is 0 Å². The Balaban J connectivity index is 2.80. The van der Waals surface area contributed by atoms with Crippen molar-refractivity contribution in [3.63, 3.8) is 0 Å². The summed E-state index contributed by atoms with van der Waals surface area (Å²) in [6, 6.07) is 7.10. The van der Waals surface area contributed by atoms with Crippen LogP contribution in [-0.4, -0.2) is 18.5 Å². The number of ether oxygens (including phenoxy) is 1. The number of carbonyl (C=O) groups excluding carboxylic acids is 1. The summed E-state index contributed by atoms with van der Waals surface area (Å²) in [5.74, 6) is -0.464. The smallest absolute Gasteiger partial charge is 0.325 e. The van der Waals surface area contributed by atoms with E-state index in [0.717, 1.165) is 5.56 Å². The predicted molar refractivity (Wildman–Crippen MR) is 64.8 cm³/mol. The Morgan fingerprint density at radius 3 is 2.40 bits per heavy atom.